The predicted octanol–water partition coefficient (Wildman–Crippen LogP) is 7.03. The molecule has 4 aliphatic rings. The molecule has 1 saturated carbocycles. The van der Waals surface area contributed by atoms with Crippen LogP contribution in [0.3, 0.4) is 0 Å². The van der Waals surface area contributed by atoms with Crippen LogP contribution in [0.4, 0.5) is 27.1 Å². The number of amides is 4. The molecule has 2 aliphatic carbocycles. The second kappa shape index (κ2) is 13.0. The van der Waals surface area contributed by atoms with Crippen molar-refractivity contribution in [2.75, 3.05) is 28.3 Å². The number of anilines is 4. The number of ether oxygens (including phenoxy) is 1. The Balaban J connectivity index is 1.16. The number of nitrogens with one attached hydrogen (secondary N) is 1. The van der Waals surface area contributed by atoms with Crippen molar-refractivity contribution in [3.05, 3.63) is 125 Å². The summed E-state index contributed by atoms with van der Waals surface area (Å²) in [4.78, 5) is 59.9. The van der Waals surface area contributed by atoms with Crippen LogP contribution in [-0.4, -0.2) is 41.9 Å². The van der Waals surface area contributed by atoms with Gasteiger partial charge in [0.2, 0.25) is 23.6 Å². The molecule has 0 spiro atoms. The van der Waals surface area contributed by atoms with E-state index in [1.165, 1.54) is 17.0 Å². The Morgan fingerprint density at radius 1 is 0.846 bits per heavy atom. The predicted molar refractivity (Wildman–Crippen MR) is 194 cm³/mol. The summed E-state index contributed by atoms with van der Waals surface area (Å²) < 4.78 is 19.8. The molecule has 9 nitrogen and oxygen atoms in total. The van der Waals surface area contributed by atoms with E-state index in [0.717, 1.165) is 33.5 Å². The number of aliphatic hydroxyl groups excluding tert-OH is 1. The number of hydrogen-bond donors (Lipinski definition) is 2. The SMILES string of the molecule is CC12C(=O)N(c3ccc(F)c(Cl)c3)C(=O)C1CC1C(=CCC3C(=O)N(c4ccc(Nc5ccccc5)cc4)C(=O)C31)C2c1ccc(OCCO)cc1. The van der Waals surface area contributed by atoms with Crippen LogP contribution in [0, 0.1) is 34.9 Å². The van der Waals surface area contributed by atoms with Crippen molar-refractivity contribution >= 4 is 58.0 Å². The molecule has 6 atom stereocenters. The van der Waals surface area contributed by atoms with Gasteiger partial charge in [0.1, 0.15) is 18.2 Å². The number of hydrogen-bond acceptors (Lipinski definition) is 7. The Kier molecular flexibility index (Phi) is 8.47. The van der Waals surface area contributed by atoms with Crippen LogP contribution in [-0.2, 0) is 19.2 Å². The van der Waals surface area contributed by atoms with Gasteiger partial charge in [0.25, 0.3) is 0 Å². The van der Waals surface area contributed by atoms with E-state index in [0.29, 0.717) is 17.9 Å². The average Bonchev–Trinajstić information content (AvgIpc) is 3.52. The Hall–Kier alpha value is -5.32. The van der Waals surface area contributed by atoms with E-state index < -0.39 is 52.6 Å². The fourth-order valence-corrected chi connectivity index (χ4v) is 9.00. The molecule has 8 rings (SSSR count). The summed E-state index contributed by atoms with van der Waals surface area (Å²) >= 11 is 6.11. The highest BCUT2D eigenvalue weighted by Gasteiger charge is 2.67. The maximum Gasteiger partial charge on any atom is 0.241 e. The van der Waals surface area contributed by atoms with Crippen LogP contribution < -0.4 is 19.9 Å². The maximum absolute atomic E-state index is 14.6. The fourth-order valence-electron chi connectivity index (χ4n) is 8.82. The first-order valence-electron chi connectivity index (χ1n) is 17.3. The van der Waals surface area contributed by atoms with E-state index in [4.69, 9.17) is 16.3 Å². The average molecular weight is 720 g/mol. The third kappa shape index (κ3) is 5.31. The number of imide groups is 2. The zero-order valence-electron chi connectivity index (χ0n) is 28.2. The molecule has 4 aromatic rings. The van der Waals surface area contributed by atoms with Crippen molar-refractivity contribution in [1.29, 1.82) is 0 Å². The smallest absolute Gasteiger partial charge is 0.241 e. The van der Waals surface area contributed by atoms with Gasteiger partial charge in [-0.3, -0.25) is 24.1 Å². The minimum atomic E-state index is -1.27. The molecule has 0 radical (unpaired) electrons. The van der Waals surface area contributed by atoms with Crippen molar-refractivity contribution in [2.45, 2.75) is 25.7 Å². The normalized spacial score (nSPS) is 26.5. The standard InChI is InChI=1S/C41H35ClFN3O6/c1-41-32(38(49)46(40(41)51)27-13-18-34(43)33(42)21-27)22-31-29(36(41)23-7-14-28(15-8-23)52-20-19-47)16-17-30-35(31)39(50)45(37(30)48)26-11-9-25(10-12-26)44-24-5-3-2-4-6-24/h2-16,18,21,30-32,35-36,44,47H,17,19-20,22H2,1H3. The summed E-state index contributed by atoms with van der Waals surface area (Å²) in [7, 11) is 0. The lowest BCUT2D eigenvalue weighted by Gasteiger charge is -2.49. The van der Waals surface area contributed by atoms with E-state index in [1.807, 2.05) is 60.7 Å². The Morgan fingerprint density at radius 2 is 1.54 bits per heavy atom. The fraction of sp³-hybridized carbons (Fsp3) is 0.268. The minimum absolute atomic E-state index is 0.111. The number of allylic oxidation sites excluding steroid dienone is 2. The number of aliphatic hydroxyl groups is 1. The molecule has 0 bridgehead atoms. The first-order chi connectivity index (χ1) is 25.1. The largest absolute Gasteiger partial charge is 0.491 e. The van der Waals surface area contributed by atoms with Crippen molar-refractivity contribution in [3.63, 3.8) is 0 Å². The quantitative estimate of drug-likeness (QED) is 0.148. The molecule has 6 unspecified atom stereocenters. The summed E-state index contributed by atoms with van der Waals surface area (Å²) in [6.45, 7) is 1.74. The third-order valence-electron chi connectivity index (χ3n) is 11.2. The summed E-state index contributed by atoms with van der Waals surface area (Å²) in [5, 5.41) is 12.3. The lowest BCUT2D eigenvalue weighted by Crippen LogP contribution is -2.48. The van der Waals surface area contributed by atoms with Gasteiger partial charge in [-0.15, -0.1) is 0 Å². The highest BCUT2D eigenvalue weighted by atomic mass is 35.5. The Labute approximate surface area is 304 Å². The topological polar surface area (TPSA) is 116 Å². The second-order valence-corrected chi connectivity index (χ2v) is 14.4. The molecule has 2 N–H and O–H groups in total. The number of halogens is 2. The van der Waals surface area contributed by atoms with Gasteiger partial charge in [-0.1, -0.05) is 53.6 Å². The molecule has 4 amide bonds. The van der Waals surface area contributed by atoms with Crippen LogP contribution in [0.25, 0.3) is 0 Å². The summed E-state index contributed by atoms with van der Waals surface area (Å²) in [6.07, 6.45) is 2.48. The van der Waals surface area contributed by atoms with E-state index in [9.17, 15) is 28.7 Å². The zero-order valence-corrected chi connectivity index (χ0v) is 28.9. The van der Waals surface area contributed by atoms with Crippen LogP contribution in [0.2, 0.25) is 5.02 Å². The zero-order chi connectivity index (χ0) is 36.3. The highest BCUT2D eigenvalue weighted by molar-refractivity contribution is 6.32. The number of nitrogens with zero attached hydrogens (tertiary/aromatic N) is 2. The van der Waals surface area contributed by atoms with E-state index >= 15 is 0 Å². The van der Waals surface area contributed by atoms with Crippen molar-refractivity contribution in [2.24, 2.45) is 29.1 Å². The van der Waals surface area contributed by atoms with Gasteiger partial charge < -0.3 is 15.2 Å². The molecular weight excluding hydrogens is 685 g/mol. The highest BCUT2D eigenvalue weighted by Crippen LogP contribution is 2.63. The molecule has 52 heavy (non-hydrogen) atoms. The second-order valence-electron chi connectivity index (χ2n) is 14.0. The lowest BCUT2D eigenvalue weighted by molar-refractivity contribution is -0.131. The van der Waals surface area contributed by atoms with E-state index in [1.54, 1.807) is 31.2 Å². The van der Waals surface area contributed by atoms with E-state index in [2.05, 4.69) is 5.32 Å². The molecule has 2 aliphatic heterocycles. The minimum Gasteiger partial charge on any atom is -0.491 e. The molecular formula is C41H35ClFN3O6. The van der Waals surface area contributed by atoms with Gasteiger partial charge in [0, 0.05) is 17.3 Å². The number of fused-ring (bicyclic) bond motifs is 4. The molecule has 2 heterocycles. The molecule has 264 valence electrons. The Morgan fingerprint density at radius 3 is 2.23 bits per heavy atom. The van der Waals surface area contributed by atoms with Crippen LogP contribution in [0.5, 0.6) is 5.75 Å². The van der Waals surface area contributed by atoms with Crippen molar-refractivity contribution < 1.29 is 33.4 Å². The first-order valence-corrected chi connectivity index (χ1v) is 17.7. The number of carbonyl (C=O) groups excluding carboxylic acids is 4. The molecule has 0 aromatic heterocycles. The molecule has 3 fully saturated rings. The van der Waals surface area contributed by atoms with Crippen molar-refractivity contribution in [1.82, 2.24) is 0 Å². The van der Waals surface area contributed by atoms with Gasteiger partial charge in [0.05, 0.1) is 46.2 Å². The summed E-state index contributed by atoms with van der Waals surface area (Å²) in [5.41, 5.74) is 2.65. The van der Waals surface area contributed by atoms with Gasteiger partial charge in [-0.25, -0.2) is 9.29 Å². The first kappa shape index (κ1) is 33.8. The van der Waals surface area contributed by atoms with Gasteiger partial charge >= 0.3 is 0 Å². The van der Waals surface area contributed by atoms with Crippen LogP contribution in [0.1, 0.15) is 31.2 Å². The van der Waals surface area contributed by atoms with Gasteiger partial charge in [-0.2, -0.15) is 0 Å². The maximum atomic E-state index is 14.6. The number of para-hydroxylation sites is 1. The molecule has 4 aromatic carbocycles. The van der Waals surface area contributed by atoms with Gasteiger partial charge in [0.15, 0.2) is 0 Å². The van der Waals surface area contributed by atoms with E-state index in [-0.39, 0.29) is 42.2 Å². The number of rotatable bonds is 8. The van der Waals surface area contributed by atoms with Gasteiger partial charge in [-0.05, 0) is 98.0 Å². The third-order valence-corrected chi connectivity index (χ3v) is 11.5. The number of benzene rings is 4. The van der Waals surface area contributed by atoms with Crippen molar-refractivity contribution in [3.8, 4) is 5.75 Å². The van der Waals surface area contributed by atoms with Crippen LogP contribution in [0.15, 0.2) is 109 Å². The molecule has 11 heteroatoms. The Bertz CT molecular complexity index is 2120. The summed E-state index contributed by atoms with van der Waals surface area (Å²) in [6, 6.07) is 27.7. The monoisotopic (exact) mass is 719 g/mol. The number of carbonyl (C=O) groups is 4. The van der Waals surface area contributed by atoms with Crippen LogP contribution >= 0.6 is 11.6 Å². The lowest BCUT2D eigenvalue weighted by atomic mass is 9.51. The molecule has 2 saturated heterocycles. The summed E-state index contributed by atoms with van der Waals surface area (Å²) in [5.74, 6) is -5.00.